The Bertz CT molecular complexity index is 1280. The number of pyridine rings is 1. The number of hydrogen-bond donors (Lipinski definition) is 1. The zero-order valence-electron chi connectivity index (χ0n) is 15.4. The molecule has 0 fully saturated rings. The maximum atomic E-state index is 13.1. The van der Waals surface area contributed by atoms with Gasteiger partial charge in [-0.2, -0.15) is 0 Å². The van der Waals surface area contributed by atoms with Gasteiger partial charge in [-0.25, -0.2) is 9.97 Å². The van der Waals surface area contributed by atoms with E-state index >= 15 is 0 Å². The number of aryl methyl sites for hydroxylation is 1. The maximum absolute atomic E-state index is 13.1. The highest BCUT2D eigenvalue weighted by Crippen LogP contribution is 2.22. The van der Waals surface area contributed by atoms with Gasteiger partial charge in [-0.15, -0.1) is 0 Å². The fourth-order valence-electron chi connectivity index (χ4n) is 3.61. The molecule has 5 rings (SSSR count). The normalized spacial score (nSPS) is 11.3. The molecule has 3 aromatic rings. The number of carbonyl (C=O) groups excluding carboxylic acids is 1. The smallest absolute Gasteiger partial charge is 0.195 e. The van der Waals surface area contributed by atoms with Crippen molar-refractivity contribution < 1.29 is 4.79 Å². The van der Waals surface area contributed by atoms with Gasteiger partial charge in [0.2, 0.25) is 0 Å². The standard InChI is InChI=1S/C23H18N4O/c1-15-25-21-9-10-27(14-22(21)26-15)13-16-5-4-6-17(11-16)23(28)19-12-24-20-8-3-2-7-18(19)20/h2-12,14,24H,13H2,1H3. The molecule has 2 aromatic carbocycles. The number of rotatable bonds is 4. The van der Waals surface area contributed by atoms with Crippen LogP contribution in [0, 0.1) is 6.92 Å². The number of hydrogen-bond acceptors (Lipinski definition) is 3. The van der Waals surface area contributed by atoms with E-state index in [1.807, 2.05) is 73.9 Å². The Labute approximate surface area is 162 Å². The summed E-state index contributed by atoms with van der Waals surface area (Å²) in [4.78, 5) is 25.0. The fourth-order valence-corrected chi connectivity index (χ4v) is 3.61. The molecule has 0 spiro atoms. The molecular formula is C23H18N4O. The average Bonchev–Trinajstić information content (AvgIpc) is 3.30. The van der Waals surface area contributed by atoms with Crippen molar-refractivity contribution in [2.45, 2.75) is 13.5 Å². The molecule has 0 atom stereocenters. The van der Waals surface area contributed by atoms with Crippen LogP contribution in [-0.2, 0) is 6.54 Å². The number of benzene rings is 2. The highest BCUT2D eigenvalue weighted by molar-refractivity contribution is 6.16. The highest BCUT2D eigenvalue weighted by Gasteiger charge is 2.14. The van der Waals surface area contributed by atoms with E-state index in [2.05, 4.69) is 19.5 Å². The molecule has 3 heterocycles. The van der Waals surface area contributed by atoms with Gasteiger partial charge in [0, 0.05) is 47.2 Å². The molecular weight excluding hydrogens is 348 g/mol. The topological polar surface area (TPSA) is 63.6 Å². The van der Waals surface area contributed by atoms with Gasteiger partial charge in [-0.3, -0.25) is 4.79 Å². The van der Waals surface area contributed by atoms with E-state index in [4.69, 9.17) is 0 Å². The monoisotopic (exact) mass is 366 g/mol. The van der Waals surface area contributed by atoms with Crippen LogP contribution in [0.5, 0.6) is 0 Å². The van der Waals surface area contributed by atoms with Crippen LogP contribution in [0.3, 0.4) is 0 Å². The van der Waals surface area contributed by atoms with E-state index in [0.29, 0.717) is 17.7 Å². The number of nitrogens with zero attached hydrogens (tertiary/aromatic N) is 3. The Kier molecular flexibility index (Phi) is 3.79. The Morgan fingerprint density at radius 2 is 1.89 bits per heavy atom. The minimum atomic E-state index is 0.0253. The molecule has 136 valence electrons. The molecule has 1 aromatic heterocycles. The first-order valence-electron chi connectivity index (χ1n) is 9.17. The lowest BCUT2D eigenvalue weighted by molar-refractivity contribution is 0.104. The van der Waals surface area contributed by atoms with Crippen LogP contribution in [-0.4, -0.2) is 25.3 Å². The van der Waals surface area contributed by atoms with Crippen molar-refractivity contribution in [2.24, 2.45) is 0 Å². The Morgan fingerprint density at radius 1 is 1.04 bits per heavy atom. The second-order valence-electron chi connectivity index (χ2n) is 6.94. The Hall–Kier alpha value is -3.73. The summed E-state index contributed by atoms with van der Waals surface area (Å²) in [6.45, 7) is 2.56. The van der Waals surface area contributed by atoms with Crippen molar-refractivity contribution in [2.75, 3.05) is 0 Å². The lowest BCUT2D eigenvalue weighted by Crippen LogP contribution is -2.04. The van der Waals surface area contributed by atoms with E-state index < -0.39 is 0 Å². The van der Waals surface area contributed by atoms with E-state index in [0.717, 1.165) is 33.7 Å². The lowest BCUT2D eigenvalue weighted by atomic mass is 10.0. The van der Waals surface area contributed by atoms with Gasteiger partial charge >= 0.3 is 0 Å². The number of nitrogens with one attached hydrogen (secondary N) is 1. The van der Waals surface area contributed by atoms with Gasteiger partial charge in [0.1, 0.15) is 11.5 Å². The van der Waals surface area contributed by atoms with Gasteiger partial charge in [-0.1, -0.05) is 36.4 Å². The van der Waals surface area contributed by atoms with Crippen molar-refractivity contribution in [1.29, 1.82) is 0 Å². The SMILES string of the molecule is Cc1nc2ccn(Cc3cccc(C(=O)c4c[nH]c5ccccc45)c3)cc-2n1. The van der Waals surface area contributed by atoms with Crippen molar-refractivity contribution in [3.63, 3.8) is 0 Å². The number of ketones is 1. The molecule has 0 aliphatic carbocycles. The molecule has 5 heteroatoms. The number of imidazole rings is 1. The molecule has 1 N–H and O–H groups in total. The first-order valence-corrected chi connectivity index (χ1v) is 9.17. The number of aromatic nitrogens is 4. The molecule has 2 aliphatic heterocycles. The fraction of sp³-hybridized carbons (Fsp3) is 0.0870. The summed E-state index contributed by atoms with van der Waals surface area (Å²) in [6.07, 6.45) is 5.77. The predicted octanol–water partition coefficient (Wildman–Crippen LogP) is 4.45. The summed E-state index contributed by atoms with van der Waals surface area (Å²) in [6, 6.07) is 17.6. The molecule has 2 aliphatic rings. The minimum absolute atomic E-state index is 0.0253. The average molecular weight is 366 g/mol. The molecule has 0 bridgehead atoms. The van der Waals surface area contributed by atoms with Gasteiger partial charge < -0.3 is 9.55 Å². The number of aromatic amines is 1. The van der Waals surface area contributed by atoms with Crippen LogP contribution in [0.25, 0.3) is 22.3 Å². The third-order valence-corrected chi connectivity index (χ3v) is 4.93. The highest BCUT2D eigenvalue weighted by atomic mass is 16.1. The first kappa shape index (κ1) is 16.4. The van der Waals surface area contributed by atoms with Gasteiger partial charge in [0.25, 0.3) is 0 Å². The molecule has 5 nitrogen and oxygen atoms in total. The van der Waals surface area contributed by atoms with E-state index in [1.165, 1.54) is 0 Å². The minimum Gasteiger partial charge on any atom is -0.360 e. The molecule has 0 amide bonds. The second kappa shape index (κ2) is 6.46. The zero-order valence-corrected chi connectivity index (χ0v) is 15.4. The van der Waals surface area contributed by atoms with Crippen molar-refractivity contribution in [3.8, 4) is 11.4 Å². The number of para-hydroxylation sites is 1. The number of fused-ring (bicyclic) bond motifs is 2. The van der Waals surface area contributed by atoms with E-state index in [9.17, 15) is 4.79 Å². The van der Waals surface area contributed by atoms with Gasteiger partial charge in [-0.05, 0) is 30.7 Å². The van der Waals surface area contributed by atoms with Crippen molar-refractivity contribution >= 4 is 16.7 Å². The largest absolute Gasteiger partial charge is 0.360 e. The molecule has 0 saturated carbocycles. The Morgan fingerprint density at radius 3 is 2.82 bits per heavy atom. The van der Waals surface area contributed by atoms with Crippen LogP contribution >= 0.6 is 0 Å². The van der Waals surface area contributed by atoms with Crippen LogP contribution in [0.15, 0.2) is 73.2 Å². The molecule has 0 saturated heterocycles. The molecule has 0 radical (unpaired) electrons. The van der Waals surface area contributed by atoms with Crippen LogP contribution in [0.1, 0.15) is 27.3 Å². The predicted molar refractivity (Wildman–Crippen MR) is 109 cm³/mol. The molecule has 0 unspecified atom stereocenters. The molecule has 28 heavy (non-hydrogen) atoms. The summed E-state index contributed by atoms with van der Waals surface area (Å²) in [5.41, 5.74) is 5.20. The van der Waals surface area contributed by atoms with Crippen molar-refractivity contribution in [1.82, 2.24) is 19.5 Å². The zero-order chi connectivity index (χ0) is 19.1. The number of H-pyrrole nitrogens is 1. The van der Waals surface area contributed by atoms with E-state index in [1.54, 1.807) is 6.20 Å². The third-order valence-electron chi connectivity index (χ3n) is 4.93. The van der Waals surface area contributed by atoms with Gasteiger partial charge in [0.05, 0.1) is 5.69 Å². The van der Waals surface area contributed by atoms with Crippen molar-refractivity contribution in [3.05, 3.63) is 95.7 Å². The lowest BCUT2D eigenvalue weighted by Gasteiger charge is -2.09. The number of carbonyl (C=O) groups is 1. The van der Waals surface area contributed by atoms with Crippen LogP contribution < -0.4 is 0 Å². The third kappa shape index (κ3) is 2.87. The maximum Gasteiger partial charge on any atom is 0.195 e. The van der Waals surface area contributed by atoms with Crippen LogP contribution in [0.2, 0.25) is 0 Å². The summed E-state index contributed by atoms with van der Waals surface area (Å²) in [5, 5.41) is 0.947. The summed E-state index contributed by atoms with van der Waals surface area (Å²) < 4.78 is 2.06. The van der Waals surface area contributed by atoms with E-state index in [-0.39, 0.29) is 5.78 Å². The van der Waals surface area contributed by atoms with Crippen LogP contribution in [0.4, 0.5) is 0 Å². The summed E-state index contributed by atoms with van der Waals surface area (Å²) in [7, 11) is 0. The Balaban J connectivity index is 1.46. The summed E-state index contributed by atoms with van der Waals surface area (Å²) >= 11 is 0. The first-order chi connectivity index (χ1) is 13.7. The quantitative estimate of drug-likeness (QED) is 0.478. The summed E-state index contributed by atoms with van der Waals surface area (Å²) in [5.74, 6) is 0.802. The second-order valence-corrected chi connectivity index (χ2v) is 6.94. The van der Waals surface area contributed by atoms with Gasteiger partial charge in [0.15, 0.2) is 5.78 Å².